The topological polar surface area (TPSA) is 153 Å². The van der Waals surface area contributed by atoms with Crippen molar-refractivity contribution in [2.24, 2.45) is 14.1 Å². The molecule has 1 amide bonds. The molecule has 0 saturated carbocycles. The quantitative estimate of drug-likeness (QED) is 0.162. The molecule has 0 saturated heterocycles. The van der Waals surface area contributed by atoms with Crippen molar-refractivity contribution in [1.29, 1.82) is 0 Å². The van der Waals surface area contributed by atoms with Gasteiger partial charge in [0, 0.05) is 48.3 Å². The number of carbonyl (C=O) groups is 3. The first-order valence-electron chi connectivity index (χ1n) is 13.8. The van der Waals surface area contributed by atoms with E-state index in [4.69, 9.17) is 31.5 Å². The summed E-state index contributed by atoms with van der Waals surface area (Å²) in [5.41, 5.74) is 12.5. The van der Waals surface area contributed by atoms with Gasteiger partial charge < -0.3 is 19.9 Å². The minimum atomic E-state index is -0.735. The minimum absolute atomic E-state index is 0.208. The lowest BCUT2D eigenvalue weighted by Gasteiger charge is -2.14. The first-order valence-corrected chi connectivity index (χ1v) is 14.2. The molecular weight excluding hydrogens is 612 g/mol. The Morgan fingerprint density at radius 3 is 1.78 bits per heavy atom. The number of amides is 1. The molecule has 5 rings (SSSR count). The van der Waals surface area contributed by atoms with Gasteiger partial charge in [0.15, 0.2) is 0 Å². The monoisotopic (exact) mass is 644 g/mol. The van der Waals surface area contributed by atoms with Crippen LogP contribution in [0.1, 0.15) is 31.8 Å². The molecule has 2 heterocycles. The molecule has 238 valence electrons. The lowest BCUT2D eigenvalue weighted by molar-refractivity contribution is 0.0593. The fourth-order valence-electron chi connectivity index (χ4n) is 4.59. The maximum Gasteiger partial charge on any atom is 0.417 e. The van der Waals surface area contributed by atoms with Gasteiger partial charge in [-0.1, -0.05) is 11.6 Å². The highest BCUT2D eigenvalue weighted by Gasteiger charge is 2.19. The number of methoxy groups -OCH3 is 2. The average Bonchev–Trinajstić information content (AvgIpc) is 3.65. The Bertz CT molecular complexity index is 1900. The summed E-state index contributed by atoms with van der Waals surface area (Å²) in [5.74, 6) is -0.685. The number of nitrogens with zero attached hydrogens (tertiary/aromatic N) is 4. The number of hydrogen-bond donors (Lipinski definition) is 2. The molecule has 0 bridgehead atoms. The lowest BCUT2D eigenvalue weighted by Crippen LogP contribution is -2.19. The van der Waals surface area contributed by atoms with Crippen molar-refractivity contribution in [3.63, 3.8) is 0 Å². The number of nitrogens with one attached hydrogen (secondary N) is 1. The van der Waals surface area contributed by atoms with Crippen LogP contribution in [0, 0.1) is 13.8 Å². The Kier molecular flexibility index (Phi) is 10.4. The standard InChI is InChI=1S/C20H18ClN3O4.C13H15N3O2/c1-12-8-18(23-20(26)28-15-6-4-14(21)5-7-15)17(19(25)27-3)9-16(12)13-10-22-24(2)11-13;1-8-4-12(14)11(13(17)18-3)5-10(8)9-6-15-16(2)7-9/h4-11H,1-3H3,(H,23,26);4-7H,14H2,1-3H3. The molecule has 13 heteroatoms. The van der Waals surface area contributed by atoms with Crippen molar-refractivity contribution in [1.82, 2.24) is 19.6 Å². The van der Waals surface area contributed by atoms with Gasteiger partial charge in [-0.05, 0) is 84.6 Å². The van der Waals surface area contributed by atoms with Gasteiger partial charge in [0.05, 0.1) is 43.4 Å². The van der Waals surface area contributed by atoms with Crippen LogP contribution in [-0.4, -0.2) is 51.8 Å². The third-order valence-electron chi connectivity index (χ3n) is 6.86. The van der Waals surface area contributed by atoms with Crippen LogP contribution in [0.5, 0.6) is 5.75 Å². The second-order valence-electron chi connectivity index (χ2n) is 10.2. The molecule has 3 N–H and O–H groups in total. The summed E-state index contributed by atoms with van der Waals surface area (Å²) in [5, 5.41) is 11.4. The molecule has 0 atom stereocenters. The van der Waals surface area contributed by atoms with Gasteiger partial charge in [-0.2, -0.15) is 10.2 Å². The molecule has 46 heavy (non-hydrogen) atoms. The van der Waals surface area contributed by atoms with Crippen LogP contribution in [0.4, 0.5) is 16.2 Å². The SMILES string of the molecule is COC(=O)c1cc(-c2cnn(C)c2)c(C)cc1N.COC(=O)c1cc(-c2cnn(C)c2)c(C)cc1NC(=O)Oc1ccc(Cl)cc1. The number of ether oxygens (including phenoxy) is 3. The summed E-state index contributed by atoms with van der Waals surface area (Å²) in [6, 6.07) is 13.2. The fourth-order valence-corrected chi connectivity index (χ4v) is 4.72. The molecule has 0 spiro atoms. The molecule has 12 nitrogen and oxygen atoms in total. The lowest BCUT2D eigenvalue weighted by atomic mass is 9.99. The number of aromatic nitrogens is 4. The zero-order valence-electron chi connectivity index (χ0n) is 26.1. The number of nitrogen functional groups attached to an aromatic ring is 1. The zero-order chi connectivity index (χ0) is 33.5. The van der Waals surface area contributed by atoms with Crippen molar-refractivity contribution in [2.75, 3.05) is 25.3 Å². The van der Waals surface area contributed by atoms with Crippen molar-refractivity contribution < 1.29 is 28.6 Å². The van der Waals surface area contributed by atoms with E-state index in [1.54, 1.807) is 70.3 Å². The van der Waals surface area contributed by atoms with Crippen molar-refractivity contribution in [3.05, 3.63) is 101 Å². The van der Waals surface area contributed by atoms with E-state index < -0.39 is 18.0 Å². The second kappa shape index (κ2) is 14.4. The van der Waals surface area contributed by atoms with E-state index in [0.717, 1.165) is 33.4 Å². The van der Waals surface area contributed by atoms with Gasteiger partial charge in [0.1, 0.15) is 5.75 Å². The van der Waals surface area contributed by atoms with E-state index in [1.807, 2.05) is 40.3 Å². The molecule has 0 fully saturated rings. The summed E-state index contributed by atoms with van der Waals surface area (Å²) in [6.07, 6.45) is 6.44. The summed E-state index contributed by atoms with van der Waals surface area (Å²) in [7, 11) is 6.27. The van der Waals surface area contributed by atoms with Crippen LogP contribution in [0.15, 0.2) is 73.3 Å². The summed E-state index contributed by atoms with van der Waals surface area (Å²) < 4.78 is 18.2. The number of hydrogen-bond acceptors (Lipinski definition) is 9. The van der Waals surface area contributed by atoms with E-state index in [-0.39, 0.29) is 11.3 Å². The number of aryl methyl sites for hydroxylation is 4. The van der Waals surface area contributed by atoms with Crippen LogP contribution < -0.4 is 15.8 Å². The average molecular weight is 645 g/mol. The Labute approximate surface area is 270 Å². The second-order valence-corrected chi connectivity index (χ2v) is 10.7. The largest absolute Gasteiger partial charge is 0.465 e. The molecule has 0 aliphatic carbocycles. The van der Waals surface area contributed by atoms with Crippen molar-refractivity contribution in [2.45, 2.75) is 13.8 Å². The third kappa shape index (κ3) is 7.90. The Balaban J connectivity index is 0.000000230. The molecule has 0 unspecified atom stereocenters. The number of rotatable bonds is 6. The number of esters is 2. The summed E-state index contributed by atoms with van der Waals surface area (Å²) >= 11 is 5.82. The van der Waals surface area contributed by atoms with E-state index in [2.05, 4.69) is 15.5 Å². The van der Waals surface area contributed by atoms with E-state index in [0.29, 0.717) is 22.0 Å². The number of carbonyl (C=O) groups excluding carboxylic acids is 3. The maximum atomic E-state index is 12.3. The summed E-state index contributed by atoms with van der Waals surface area (Å²) in [4.78, 5) is 36.1. The normalized spacial score (nSPS) is 10.4. The molecule has 5 aromatic rings. The Hall–Kier alpha value is -5.62. The number of halogens is 1. The molecule has 0 aliphatic heterocycles. The zero-order valence-corrected chi connectivity index (χ0v) is 26.9. The van der Waals surface area contributed by atoms with Crippen LogP contribution in [-0.2, 0) is 23.6 Å². The van der Waals surface area contributed by atoms with Crippen LogP contribution in [0.3, 0.4) is 0 Å². The fraction of sp³-hybridized carbons (Fsp3) is 0.182. The van der Waals surface area contributed by atoms with Gasteiger partial charge in [-0.15, -0.1) is 0 Å². The van der Waals surface area contributed by atoms with E-state index in [9.17, 15) is 14.4 Å². The van der Waals surface area contributed by atoms with Gasteiger partial charge in [-0.25, -0.2) is 14.4 Å². The van der Waals surface area contributed by atoms with Gasteiger partial charge in [0.25, 0.3) is 0 Å². The predicted octanol–water partition coefficient (Wildman–Crippen LogP) is 6.21. The minimum Gasteiger partial charge on any atom is -0.465 e. The van der Waals surface area contributed by atoms with Gasteiger partial charge >= 0.3 is 18.0 Å². The van der Waals surface area contributed by atoms with Crippen LogP contribution in [0.2, 0.25) is 5.02 Å². The smallest absolute Gasteiger partial charge is 0.417 e. The van der Waals surface area contributed by atoms with E-state index in [1.165, 1.54) is 14.2 Å². The van der Waals surface area contributed by atoms with E-state index >= 15 is 0 Å². The van der Waals surface area contributed by atoms with Crippen molar-refractivity contribution in [3.8, 4) is 28.0 Å². The molecule has 2 aromatic heterocycles. The first kappa shape index (κ1) is 33.3. The Morgan fingerprint density at radius 2 is 1.28 bits per heavy atom. The van der Waals surface area contributed by atoms with Crippen LogP contribution >= 0.6 is 11.6 Å². The Morgan fingerprint density at radius 1 is 0.783 bits per heavy atom. The summed E-state index contributed by atoms with van der Waals surface area (Å²) in [6.45, 7) is 3.82. The highest BCUT2D eigenvalue weighted by atomic mass is 35.5. The molecule has 0 aliphatic rings. The number of anilines is 2. The molecule has 0 radical (unpaired) electrons. The first-order chi connectivity index (χ1) is 21.9. The maximum absolute atomic E-state index is 12.3. The highest BCUT2D eigenvalue weighted by molar-refractivity contribution is 6.30. The number of benzene rings is 3. The van der Waals surface area contributed by atoms with Crippen LogP contribution in [0.25, 0.3) is 22.3 Å². The molecule has 3 aromatic carbocycles. The van der Waals surface area contributed by atoms with Gasteiger partial charge in [-0.3, -0.25) is 14.7 Å². The van der Waals surface area contributed by atoms with Crippen molar-refractivity contribution >= 4 is 41.0 Å². The molecular formula is C33H33ClN6O6. The van der Waals surface area contributed by atoms with Gasteiger partial charge in [0.2, 0.25) is 0 Å². The third-order valence-corrected chi connectivity index (χ3v) is 7.12. The highest BCUT2D eigenvalue weighted by Crippen LogP contribution is 2.30. The number of nitrogens with two attached hydrogens (primary N) is 1. The predicted molar refractivity (Wildman–Crippen MR) is 175 cm³/mol.